The monoisotopic (exact) mass is 635 g/mol. The smallest absolute Gasteiger partial charge is 0.411 e. The summed E-state index contributed by atoms with van der Waals surface area (Å²) < 4.78 is 68.3. The predicted octanol–water partition coefficient (Wildman–Crippen LogP) is 7.76. The lowest BCUT2D eigenvalue weighted by Gasteiger charge is -2.34. The summed E-state index contributed by atoms with van der Waals surface area (Å²) in [4.78, 5) is 52.1. The van der Waals surface area contributed by atoms with Gasteiger partial charge in [0, 0.05) is 6.07 Å². The average Bonchev–Trinajstić information content (AvgIpc) is 3.41. The van der Waals surface area contributed by atoms with Crippen LogP contribution in [0.3, 0.4) is 0 Å². The summed E-state index contributed by atoms with van der Waals surface area (Å²) in [6.45, 7) is 8.21. The number of hydrogen-bond donors (Lipinski definition) is 0. The molecule has 1 aliphatic rings. The third-order valence-electron chi connectivity index (χ3n) is 6.79. The number of Topliss-reactive ketones (excluding diaryl/α,β-unsaturated/α-hetero) is 1. The molecule has 244 valence electrons. The molecule has 1 atom stereocenters. The molecule has 2 amide bonds. The van der Waals surface area contributed by atoms with Gasteiger partial charge in [0.2, 0.25) is 0 Å². The van der Waals surface area contributed by atoms with Gasteiger partial charge in [-0.1, -0.05) is 13.8 Å². The van der Waals surface area contributed by atoms with Crippen molar-refractivity contribution in [3.63, 3.8) is 0 Å². The topological polar surface area (TPSA) is 115 Å². The van der Waals surface area contributed by atoms with Gasteiger partial charge in [-0.05, 0) is 88.6 Å². The lowest BCUT2D eigenvalue weighted by Crippen LogP contribution is -2.48. The van der Waals surface area contributed by atoms with Crippen molar-refractivity contribution in [3.05, 3.63) is 64.7 Å². The number of ether oxygens (including phenoxy) is 2. The van der Waals surface area contributed by atoms with E-state index in [1.165, 1.54) is 0 Å². The lowest BCUT2D eigenvalue weighted by molar-refractivity contribution is -0.156. The number of ketones is 1. The fourth-order valence-electron chi connectivity index (χ4n) is 4.76. The number of azo groups is 1. The number of hydrogen-bond acceptors (Lipinski definition) is 7. The molecule has 0 saturated heterocycles. The largest absolute Gasteiger partial charge is 0.461 e. The maximum Gasteiger partial charge on any atom is 0.411 e. The van der Waals surface area contributed by atoms with E-state index in [0.717, 1.165) is 42.0 Å². The summed E-state index contributed by atoms with van der Waals surface area (Å²) in [6.07, 6.45) is 1.31. The SMILES string of the molecule is CC(C)C[C@@H](C(=O)OC1CCCC1)N(Cc1cc(F)c(N=NC(=O)CC(=O)c2ccc(F)cc2F)c(F)c1)C(=O)OC(C)(C)C. The molecule has 1 aliphatic carbocycles. The van der Waals surface area contributed by atoms with Crippen LogP contribution in [-0.4, -0.2) is 46.4 Å². The van der Waals surface area contributed by atoms with Crippen LogP contribution in [-0.2, 0) is 25.6 Å². The molecule has 0 aromatic heterocycles. The molecule has 9 nitrogen and oxygen atoms in total. The number of carbonyl (C=O) groups is 4. The second-order valence-electron chi connectivity index (χ2n) is 12.3. The molecule has 0 N–H and O–H groups in total. The quantitative estimate of drug-likeness (QED) is 0.0820. The highest BCUT2D eigenvalue weighted by molar-refractivity contribution is 6.07. The highest BCUT2D eigenvalue weighted by Crippen LogP contribution is 2.28. The summed E-state index contributed by atoms with van der Waals surface area (Å²) in [7, 11) is 0. The van der Waals surface area contributed by atoms with E-state index in [2.05, 4.69) is 10.2 Å². The van der Waals surface area contributed by atoms with Crippen LogP contribution in [0.5, 0.6) is 0 Å². The van der Waals surface area contributed by atoms with Gasteiger partial charge in [-0.25, -0.2) is 27.2 Å². The fourth-order valence-corrected chi connectivity index (χ4v) is 4.76. The van der Waals surface area contributed by atoms with Crippen LogP contribution in [0.2, 0.25) is 0 Å². The van der Waals surface area contributed by atoms with E-state index in [9.17, 15) is 28.0 Å². The summed E-state index contributed by atoms with van der Waals surface area (Å²) in [5.41, 5.74) is -2.50. The molecule has 1 saturated carbocycles. The van der Waals surface area contributed by atoms with Gasteiger partial charge < -0.3 is 9.47 Å². The van der Waals surface area contributed by atoms with E-state index >= 15 is 8.78 Å². The van der Waals surface area contributed by atoms with Crippen LogP contribution in [0, 0.1) is 29.2 Å². The van der Waals surface area contributed by atoms with E-state index in [4.69, 9.17) is 9.47 Å². The molecule has 0 unspecified atom stereocenters. The minimum Gasteiger partial charge on any atom is -0.461 e. The molecular weight excluding hydrogens is 598 g/mol. The molecule has 13 heteroatoms. The molecule has 0 aliphatic heterocycles. The zero-order chi connectivity index (χ0) is 33.5. The molecule has 3 rings (SSSR count). The van der Waals surface area contributed by atoms with Crippen molar-refractivity contribution in [1.29, 1.82) is 0 Å². The molecule has 0 bridgehead atoms. The molecule has 2 aromatic carbocycles. The first kappa shape index (κ1) is 35.3. The van der Waals surface area contributed by atoms with Gasteiger partial charge in [0.1, 0.15) is 29.4 Å². The van der Waals surface area contributed by atoms with Crippen molar-refractivity contribution in [2.75, 3.05) is 0 Å². The van der Waals surface area contributed by atoms with Crippen molar-refractivity contribution in [1.82, 2.24) is 4.90 Å². The van der Waals surface area contributed by atoms with Gasteiger partial charge in [0.05, 0.1) is 18.5 Å². The van der Waals surface area contributed by atoms with E-state index in [1.54, 1.807) is 20.8 Å². The summed E-state index contributed by atoms with van der Waals surface area (Å²) in [6, 6.07) is 2.80. The second-order valence-corrected chi connectivity index (χ2v) is 12.3. The number of amides is 2. The first-order chi connectivity index (χ1) is 21.0. The maximum absolute atomic E-state index is 15.1. The first-order valence-corrected chi connectivity index (χ1v) is 14.6. The highest BCUT2D eigenvalue weighted by Gasteiger charge is 2.36. The number of benzene rings is 2. The normalized spacial score (nSPS) is 14.5. The Morgan fingerprint density at radius 3 is 2.13 bits per heavy atom. The van der Waals surface area contributed by atoms with E-state index < -0.39 is 82.9 Å². The van der Waals surface area contributed by atoms with Crippen molar-refractivity contribution in [2.45, 2.75) is 97.4 Å². The van der Waals surface area contributed by atoms with Gasteiger partial charge in [-0.2, -0.15) is 0 Å². The van der Waals surface area contributed by atoms with Gasteiger partial charge in [0.15, 0.2) is 23.1 Å². The van der Waals surface area contributed by atoms with Gasteiger partial charge in [-0.15, -0.1) is 10.2 Å². The Hall–Kier alpha value is -4.16. The van der Waals surface area contributed by atoms with E-state index in [1.807, 2.05) is 13.8 Å². The average molecular weight is 636 g/mol. The van der Waals surface area contributed by atoms with Crippen LogP contribution in [0.4, 0.5) is 28.0 Å². The Morgan fingerprint density at radius 1 is 0.956 bits per heavy atom. The van der Waals surface area contributed by atoms with Gasteiger partial charge in [-0.3, -0.25) is 14.5 Å². The zero-order valence-corrected chi connectivity index (χ0v) is 25.9. The first-order valence-electron chi connectivity index (χ1n) is 14.6. The van der Waals surface area contributed by atoms with Crippen LogP contribution in [0.25, 0.3) is 0 Å². The fraction of sp³-hybridized carbons (Fsp3) is 0.500. The van der Waals surface area contributed by atoms with Crippen LogP contribution in [0.15, 0.2) is 40.6 Å². The third kappa shape index (κ3) is 10.5. The lowest BCUT2D eigenvalue weighted by atomic mass is 10.0. The Bertz CT molecular complexity index is 1430. The van der Waals surface area contributed by atoms with Crippen LogP contribution in [0.1, 0.15) is 89.1 Å². The summed E-state index contributed by atoms with van der Waals surface area (Å²) in [5.74, 6) is -7.53. The molecule has 45 heavy (non-hydrogen) atoms. The van der Waals surface area contributed by atoms with Crippen LogP contribution < -0.4 is 0 Å². The van der Waals surface area contributed by atoms with E-state index in [0.29, 0.717) is 18.9 Å². The Labute approximate surface area is 259 Å². The molecular formula is C32H37F4N3O6. The molecule has 1 fully saturated rings. The Morgan fingerprint density at radius 2 is 1.58 bits per heavy atom. The standard InChI is InChI=1S/C32H37F4N3O6/c1-18(2)12-26(30(42)44-21-8-6-7-9-21)39(31(43)45-32(3,4)5)17-19-13-24(35)29(25(36)14-19)38-37-28(41)16-27(40)22-11-10-20(33)15-23(22)34/h10-11,13-15,18,21,26H,6-9,12,16-17H2,1-5H3/t26-/m0/s1. The maximum atomic E-state index is 15.1. The predicted molar refractivity (Wildman–Crippen MR) is 155 cm³/mol. The Balaban J connectivity index is 1.84. The number of nitrogens with zero attached hydrogens (tertiary/aromatic N) is 3. The Kier molecular flexibility index (Phi) is 11.9. The van der Waals surface area contributed by atoms with Crippen molar-refractivity contribution >= 4 is 29.4 Å². The van der Waals surface area contributed by atoms with Crippen molar-refractivity contribution in [3.8, 4) is 0 Å². The minimum atomic E-state index is -1.24. The zero-order valence-electron chi connectivity index (χ0n) is 25.9. The van der Waals surface area contributed by atoms with Crippen molar-refractivity contribution in [2.24, 2.45) is 16.1 Å². The second kappa shape index (κ2) is 15.2. The molecule has 2 aromatic rings. The van der Waals surface area contributed by atoms with Gasteiger partial charge in [0.25, 0.3) is 5.91 Å². The van der Waals surface area contributed by atoms with Gasteiger partial charge >= 0.3 is 12.1 Å². The van der Waals surface area contributed by atoms with Crippen molar-refractivity contribution < 1.29 is 46.2 Å². The molecule has 0 heterocycles. The number of carbonyl (C=O) groups excluding carboxylic acids is 4. The number of rotatable bonds is 11. The third-order valence-corrected chi connectivity index (χ3v) is 6.79. The molecule has 0 radical (unpaired) electrons. The number of halogens is 4. The summed E-state index contributed by atoms with van der Waals surface area (Å²) in [5, 5.41) is 6.46. The van der Waals surface area contributed by atoms with Crippen LogP contribution >= 0.6 is 0 Å². The molecule has 0 spiro atoms. The van der Waals surface area contributed by atoms with E-state index in [-0.39, 0.29) is 24.0 Å². The minimum absolute atomic E-state index is 0.0504. The summed E-state index contributed by atoms with van der Waals surface area (Å²) >= 11 is 0. The number of esters is 1. The highest BCUT2D eigenvalue weighted by atomic mass is 19.1.